The number of benzene rings is 1. The van der Waals surface area contributed by atoms with E-state index in [1.54, 1.807) is 11.1 Å². The van der Waals surface area contributed by atoms with Crippen molar-refractivity contribution < 1.29 is 9.53 Å². The van der Waals surface area contributed by atoms with Gasteiger partial charge < -0.3 is 15.0 Å². The van der Waals surface area contributed by atoms with Crippen LogP contribution in [0.5, 0.6) is 0 Å². The fraction of sp³-hybridized carbons (Fsp3) is 0.400. The van der Waals surface area contributed by atoms with Crippen molar-refractivity contribution in [3.05, 3.63) is 41.0 Å². The lowest BCUT2D eigenvalue weighted by Crippen LogP contribution is -2.47. The number of amides is 2. The van der Waals surface area contributed by atoms with Crippen LogP contribution in [0.15, 0.2) is 35.5 Å². The predicted octanol–water partition coefficient (Wildman–Crippen LogP) is 2.33. The number of hydrogen-bond donors (Lipinski definition) is 2. The summed E-state index contributed by atoms with van der Waals surface area (Å²) in [4.78, 5) is 14.1. The Morgan fingerprint density at radius 3 is 3.04 bits per heavy atom. The number of aromatic amines is 1. The van der Waals surface area contributed by atoms with Gasteiger partial charge in [0.2, 0.25) is 0 Å². The zero-order valence-electron chi connectivity index (χ0n) is 12.9. The van der Waals surface area contributed by atoms with Crippen LogP contribution in [0.4, 0.5) is 4.79 Å². The minimum atomic E-state index is -0.119. The third-order valence-electron chi connectivity index (χ3n) is 3.62. The Balaban J connectivity index is 1.45. The van der Waals surface area contributed by atoms with Crippen LogP contribution in [-0.2, 0) is 4.74 Å². The summed E-state index contributed by atoms with van der Waals surface area (Å²) >= 11 is 7.45. The first-order valence-electron chi connectivity index (χ1n) is 7.61. The van der Waals surface area contributed by atoms with Crippen LogP contribution < -0.4 is 5.32 Å². The van der Waals surface area contributed by atoms with Crippen LogP contribution in [0, 0.1) is 0 Å². The van der Waals surface area contributed by atoms with Crippen LogP contribution in [0.3, 0.4) is 0 Å². The third kappa shape index (κ3) is 4.62. The van der Waals surface area contributed by atoms with E-state index in [0.29, 0.717) is 31.3 Å². The second-order valence-corrected chi connectivity index (χ2v) is 6.80. The van der Waals surface area contributed by atoms with Crippen molar-refractivity contribution in [2.45, 2.75) is 11.1 Å². The maximum atomic E-state index is 12.3. The molecule has 9 heteroatoms. The fourth-order valence-electron chi connectivity index (χ4n) is 2.40. The smallest absolute Gasteiger partial charge is 0.317 e. The lowest BCUT2D eigenvalue weighted by molar-refractivity contribution is -0.0153. The van der Waals surface area contributed by atoms with Crippen LogP contribution in [-0.4, -0.2) is 58.3 Å². The zero-order chi connectivity index (χ0) is 16.8. The summed E-state index contributed by atoms with van der Waals surface area (Å²) < 4.78 is 5.77. The highest BCUT2D eigenvalue weighted by Crippen LogP contribution is 2.23. The summed E-state index contributed by atoms with van der Waals surface area (Å²) in [5.74, 6) is 0.739. The maximum absolute atomic E-state index is 12.3. The van der Waals surface area contributed by atoms with Crippen molar-refractivity contribution in [1.82, 2.24) is 25.6 Å². The predicted molar refractivity (Wildman–Crippen MR) is 92.2 cm³/mol. The minimum absolute atomic E-state index is 0.0713. The van der Waals surface area contributed by atoms with Crippen molar-refractivity contribution in [2.24, 2.45) is 0 Å². The molecule has 0 spiro atoms. The van der Waals surface area contributed by atoms with Gasteiger partial charge in [-0.05, 0) is 17.7 Å². The summed E-state index contributed by atoms with van der Waals surface area (Å²) in [5.41, 5.74) is 1.03. The largest absolute Gasteiger partial charge is 0.370 e. The van der Waals surface area contributed by atoms with Gasteiger partial charge in [-0.2, -0.15) is 10.3 Å². The van der Waals surface area contributed by atoms with Gasteiger partial charge in [0.25, 0.3) is 0 Å². The molecule has 1 aromatic heterocycles. The van der Waals surface area contributed by atoms with E-state index in [2.05, 4.69) is 20.7 Å². The van der Waals surface area contributed by atoms with Gasteiger partial charge in [0.05, 0.1) is 19.3 Å². The van der Waals surface area contributed by atoms with E-state index >= 15 is 0 Å². The van der Waals surface area contributed by atoms with Crippen molar-refractivity contribution in [1.29, 1.82) is 0 Å². The highest BCUT2D eigenvalue weighted by Gasteiger charge is 2.25. The van der Waals surface area contributed by atoms with Crippen molar-refractivity contribution in [3.8, 4) is 0 Å². The summed E-state index contributed by atoms with van der Waals surface area (Å²) in [6.45, 7) is 2.21. The Morgan fingerprint density at radius 2 is 2.29 bits per heavy atom. The average molecular weight is 368 g/mol. The summed E-state index contributed by atoms with van der Waals surface area (Å²) in [6, 6.07) is 7.46. The first-order valence-corrected chi connectivity index (χ1v) is 8.97. The number of ether oxygens (including phenoxy) is 1. The van der Waals surface area contributed by atoms with E-state index < -0.39 is 0 Å². The molecule has 0 unspecified atom stereocenters. The lowest BCUT2D eigenvalue weighted by Gasteiger charge is -2.33. The topological polar surface area (TPSA) is 83.1 Å². The van der Waals surface area contributed by atoms with Crippen LogP contribution >= 0.6 is 23.4 Å². The normalized spacial score (nSPS) is 17.7. The van der Waals surface area contributed by atoms with Gasteiger partial charge in [-0.25, -0.2) is 4.79 Å². The number of hydrogen-bond acceptors (Lipinski definition) is 5. The van der Waals surface area contributed by atoms with E-state index in [0.717, 1.165) is 16.3 Å². The SMILES string of the molecule is O=C(NCCSc1cn[nH]n1)N1CCO[C@H](c2ccc(Cl)cc2)C1. The molecule has 1 saturated heterocycles. The van der Waals surface area contributed by atoms with E-state index in [1.807, 2.05) is 24.3 Å². The van der Waals surface area contributed by atoms with Crippen molar-refractivity contribution >= 4 is 29.4 Å². The molecule has 1 aliphatic heterocycles. The van der Waals surface area contributed by atoms with Crippen molar-refractivity contribution in [3.63, 3.8) is 0 Å². The lowest BCUT2D eigenvalue weighted by atomic mass is 10.1. The number of nitrogens with one attached hydrogen (secondary N) is 2. The molecule has 1 aliphatic rings. The molecule has 0 bridgehead atoms. The van der Waals surface area contributed by atoms with Gasteiger partial charge >= 0.3 is 6.03 Å². The molecule has 2 aromatic rings. The highest BCUT2D eigenvalue weighted by atomic mass is 35.5. The van der Waals surface area contributed by atoms with E-state index in [-0.39, 0.29) is 12.1 Å². The van der Waals surface area contributed by atoms with Gasteiger partial charge in [-0.1, -0.05) is 23.7 Å². The Hall–Kier alpha value is -1.77. The Morgan fingerprint density at radius 1 is 1.46 bits per heavy atom. The maximum Gasteiger partial charge on any atom is 0.317 e. The molecule has 2 heterocycles. The number of nitrogens with zero attached hydrogens (tertiary/aromatic N) is 3. The number of halogens is 1. The quantitative estimate of drug-likeness (QED) is 0.626. The Kier molecular flexibility index (Phi) is 5.95. The number of aromatic nitrogens is 3. The molecule has 0 aliphatic carbocycles. The molecule has 2 amide bonds. The van der Waals surface area contributed by atoms with Crippen molar-refractivity contribution in [2.75, 3.05) is 32.0 Å². The second kappa shape index (κ2) is 8.36. The van der Waals surface area contributed by atoms with Crippen LogP contribution in [0.2, 0.25) is 5.02 Å². The summed E-state index contributed by atoms with van der Waals surface area (Å²) in [6.07, 6.45) is 1.54. The molecule has 1 atom stereocenters. The number of carbonyl (C=O) groups is 1. The molecule has 7 nitrogen and oxygen atoms in total. The monoisotopic (exact) mass is 367 g/mol. The number of urea groups is 1. The van der Waals surface area contributed by atoms with E-state index in [9.17, 15) is 4.79 Å². The van der Waals surface area contributed by atoms with Gasteiger partial charge in [-0.15, -0.1) is 16.9 Å². The number of thioether (sulfide) groups is 1. The molecule has 1 aromatic carbocycles. The molecular formula is C15H18ClN5O2S. The number of morpholine rings is 1. The average Bonchev–Trinajstić information content (AvgIpc) is 3.13. The zero-order valence-corrected chi connectivity index (χ0v) is 14.5. The van der Waals surface area contributed by atoms with E-state index in [4.69, 9.17) is 16.3 Å². The second-order valence-electron chi connectivity index (χ2n) is 5.25. The van der Waals surface area contributed by atoms with Gasteiger partial charge in [0.1, 0.15) is 11.1 Å². The Bertz CT molecular complexity index is 652. The van der Waals surface area contributed by atoms with Crippen LogP contribution in [0.1, 0.15) is 11.7 Å². The highest BCUT2D eigenvalue weighted by molar-refractivity contribution is 7.99. The molecule has 0 saturated carbocycles. The summed E-state index contributed by atoms with van der Waals surface area (Å²) in [7, 11) is 0. The molecular weight excluding hydrogens is 350 g/mol. The molecule has 3 rings (SSSR count). The molecule has 1 fully saturated rings. The van der Waals surface area contributed by atoms with E-state index in [1.165, 1.54) is 11.8 Å². The number of rotatable bonds is 5. The van der Waals surface area contributed by atoms with Crippen LogP contribution in [0.25, 0.3) is 0 Å². The molecule has 0 radical (unpaired) electrons. The fourth-order valence-corrected chi connectivity index (χ4v) is 3.17. The Labute approximate surface area is 149 Å². The van der Waals surface area contributed by atoms with Gasteiger partial charge in [0.15, 0.2) is 0 Å². The third-order valence-corrected chi connectivity index (χ3v) is 4.77. The molecule has 2 N–H and O–H groups in total. The molecule has 24 heavy (non-hydrogen) atoms. The molecule has 128 valence electrons. The first kappa shape index (κ1) is 17.1. The van der Waals surface area contributed by atoms with Gasteiger partial charge in [0, 0.05) is 23.9 Å². The summed E-state index contributed by atoms with van der Waals surface area (Å²) in [5, 5.41) is 14.7. The standard InChI is InChI=1S/C15H18ClN5O2S/c16-12-3-1-11(2-4-12)13-10-21(6-7-23-13)15(22)17-5-8-24-14-9-18-20-19-14/h1-4,9,13H,5-8,10H2,(H,17,22)(H,18,19,20)/t13-/m0/s1. The van der Waals surface area contributed by atoms with Gasteiger partial charge in [-0.3, -0.25) is 0 Å². The number of H-pyrrole nitrogens is 1. The first-order chi connectivity index (χ1) is 11.7. The number of carbonyl (C=O) groups excluding carboxylic acids is 1. The minimum Gasteiger partial charge on any atom is -0.370 e.